The molecule has 56 heavy (non-hydrogen) atoms. The summed E-state index contributed by atoms with van der Waals surface area (Å²) in [7, 11) is -4.44. The molecule has 0 rings (SSSR count). The van der Waals surface area contributed by atoms with Gasteiger partial charge in [-0.3, -0.25) is 18.6 Å². The number of allylic oxidation sites excluding steroid dienone is 16. The van der Waals surface area contributed by atoms with E-state index >= 15 is 0 Å². The first kappa shape index (κ1) is 52.9. The molecule has 3 N–H and O–H groups in total. The highest BCUT2D eigenvalue weighted by Gasteiger charge is 2.23. The van der Waals surface area contributed by atoms with Crippen molar-refractivity contribution in [1.29, 1.82) is 0 Å². The summed E-state index contributed by atoms with van der Waals surface area (Å²) >= 11 is 0. The summed E-state index contributed by atoms with van der Waals surface area (Å²) in [5, 5.41) is 12.6. The van der Waals surface area contributed by atoms with Crippen LogP contribution in [0.3, 0.4) is 0 Å². The SMILES string of the molecule is CC/C=C\C/C=C\C/C=C\C/C=C\C/C=C\C/C=C\CCCCC(=O)NCCOP(=O)(O)OCC(O)COC(=O)CCCCCCC/C=C\C/C=C\CCCC. The topological polar surface area (TPSA) is 131 Å². The number of ether oxygens (including phenoxy) is 1. The fraction of sp³-hybridized carbons (Fsp3) is 0.609. The highest BCUT2D eigenvalue weighted by molar-refractivity contribution is 7.47. The summed E-state index contributed by atoms with van der Waals surface area (Å²) < 4.78 is 26.8. The Kier molecular flexibility index (Phi) is 39.3. The zero-order valence-electron chi connectivity index (χ0n) is 34.8. The fourth-order valence-corrected chi connectivity index (χ4v) is 5.80. The van der Waals surface area contributed by atoms with Crippen molar-refractivity contribution in [3.63, 3.8) is 0 Å². The van der Waals surface area contributed by atoms with Gasteiger partial charge in [0.15, 0.2) is 0 Å². The number of nitrogens with one attached hydrogen (secondary N) is 1. The molecule has 0 saturated heterocycles. The second-order valence-electron chi connectivity index (χ2n) is 13.6. The summed E-state index contributed by atoms with van der Waals surface area (Å²) in [6.07, 6.45) is 53.4. The lowest BCUT2D eigenvalue weighted by atomic mass is 10.1. The lowest BCUT2D eigenvalue weighted by Gasteiger charge is -2.15. The fourth-order valence-electron chi connectivity index (χ4n) is 5.04. The number of phosphoric acid groups is 1. The van der Waals surface area contributed by atoms with Crippen molar-refractivity contribution in [1.82, 2.24) is 5.32 Å². The van der Waals surface area contributed by atoms with Crippen molar-refractivity contribution in [3.8, 4) is 0 Å². The van der Waals surface area contributed by atoms with Gasteiger partial charge in [-0.05, 0) is 89.9 Å². The van der Waals surface area contributed by atoms with Gasteiger partial charge in [-0.15, -0.1) is 0 Å². The minimum absolute atomic E-state index is 0.0498. The Morgan fingerprint density at radius 3 is 1.55 bits per heavy atom. The number of carbonyl (C=O) groups excluding carboxylic acids is 2. The van der Waals surface area contributed by atoms with Crippen LogP contribution >= 0.6 is 7.82 Å². The van der Waals surface area contributed by atoms with Crippen molar-refractivity contribution >= 4 is 19.7 Å². The molecule has 0 aliphatic rings. The van der Waals surface area contributed by atoms with Crippen LogP contribution < -0.4 is 5.32 Å². The minimum atomic E-state index is -4.44. The Morgan fingerprint density at radius 1 is 0.571 bits per heavy atom. The summed E-state index contributed by atoms with van der Waals surface area (Å²) in [5.74, 6) is -0.585. The quantitative estimate of drug-likeness (QED) is 0.0243. The molecule has 0 spiro atoms. The lowest BCUT2D eigenvalue weighted by Crippen LogP contribution is -2.27. The Bertz CT molecular complexity index is 1230. The van der Waals surface area contributed by atoms with Gasteiger partial charge in [0.05, 0.1) is 13.2 Å². The molecule has 9 nitrogen and oxygen atoms in total. The standard InChI is InChI=1S/C46H76NO8P/c1-3-5-7-9-11-13-15-17-19-20-21-22-23-24-25-26-28-30-32-34-36-38-45(49)47-40-41-54-56(51,52)55-43-44(48)42-53-46(50)39-37-35-33-31-29-27-18-16-14-12-10-8-6-4-2/h5,7,10-13,16-19,21-22,24-25,28,30,44,48H,3-4,6,8-9,14-15,20,23,26-27,29,31-43H2,1-2H3,(H,47,49)(H,51,52)/b7-5-,12-10-,13-11-,18-16-,19-17-,22-21-,25-24-,30-28-. The maximum Gasteiger partial charge on any atom is 0.472 e. The summed E-state index contributed by atoms with van der Waals surface area (Å²) in [6.45, 7) is 3.30. The van der Waals surface area contributed by atoms with E-state index in [-0.39, 0.29) is 32.1 Å². The Morgan fingerprint density at radius 2 is 1.02 bits per heavy atom. The number of hydrogen-bond acceptors (Lipinski definition) is 7. The monoisotopic (exact) mass is 802 g/mol. The average Bonchev–Trinajstić information content (AvgIpc) is 3.18. The Balaban J connectivity index is 3.73. The second-order valence-corrected chi connectivity index (χ2v) is 15.0. The first-order chi connectivity index (χ1) is 27.3. The molecule has 1 amide bonds. The maximum atomic E-state index is 12.1. The van der Waals surface area contributed by atoms with E-state index in [1.165, 1.54) is 12.8 Å². The van der Waals surface area contributed by atoms with Crippen molar-refractivity contribution in [2.24, 2.45) is 0 Å². The molecule has 0 bridgehead atoms. The van der Waals surface area contributed by atoms with Gasteiger partial charge < -0.3 is 20.1 Å². The predicted octanol–water partition coefficient (Wildman–Crippen LogP) is 11.8. The van der Waals surface area contributed by atoms with E-state index in [1.807, 2.05) is 0 Å². The molecule has 2 atom stereocenters. The number of phosphoric ester groups is 1. The molecular formula is C46H76NO8P. The largest absolute Gasteiger partial charge is 0.472 e. The van der Waals surface area contributed by atoms with Gasteiger partial charge in [0.25, 0.3) is 0 Å². The molecule has 0 fully saturated rings. The highest BCUT2D eigenvalue weighted by Crippen LogP contribution is 2.42. The number of aliphatic hydroxyl groups is 1. The third-order valence-electron chi connectivity index (χ3n) is 8.25. The molecule has 2 unspecified atom stereocenters. The van der Waals surface area contributed by atoms with Crippen LogP contribution in [0, 0.1) is 0 Å². The molecule has 318 valence electrons. The molecule has 0 radical (unpaired) electrons. The number of amides is 1. The minimum Gasteiger partial charge on any atom is -0.463 e. The third kappa shape index (κ3) is 42.1. The van der Waals surface area contributed by atoms with Crippen LogP contribution in [0.5, 0.6) is 0 Å². The van der Waals surface area contributed by atoms with Crippen LogP contribution in [0.15, 0.2) is 97.2 Å². The van der Waals surface area contributed by atoms with Crippen LogP contribution in [0.2, 0.25) is 0 Å². The molecule has 0 saturated carbocycles. The van der Waals surface area contributed by atoms with E-state index < -0.39 is 26.5 Å². The van der Waals surface area contributed by atoms with Crippen molar-refractivity contribution < 1.29 is 37.9 Å². The van der Waals surface area contributed by atoms with E-state index in [9.17, 15) is 24.2 Å². The van der Waals surface area contributed by atoms with Gasteiger partial charge >= 0.3 is 13.8 Å². The number of carbonyl (C=O) groups is 2. The van der Waals surface area contributed by atoms with E-state index in [1.54, 1.807) is 0 Å². The van der Waals surface area contributed by atoms with E-state index in [0.29, 0.717) is 12.8 Å². The molecule has 10 heteroatoms. The van der Waals surface area contributed by atoms with Gasteiger partial charge in [-0.1, -0.05) is 143 Å². The lowest BCUT2D eigenvalue weighted by molar-refractivity contribution is -0.147. The van der Waals surface area contributed by atoms with Crippen LogP contribution in [0.4, 0.5) is 0 Å². The molecule has 0 aliphatic carbocycles. The first-order valence-corrected chi connectivity index (χ1v) is 22.7. The van der Waals surface area contributed by atoms with Gasteiger partial charge in [0.2, 0.25) is 5.91 Å². The third-order valence-corrected chi connectivity index (χ3v) is 9.23. The van der Waals surface area contributed by atoms with Crippen LogP contribution in [-0.2, 0) is 27.9 Å². The summed E-state index contributed by atoms with van der Waals surface area (Å²) in [4.78, 5) is 33.9. The number of hydrogen-bond donors (Lipinski definition) is 3. The zero-order valence-corrected chi connectivity index (χ0v) is 35.7. The van der Waals surface area contributed by atoms with Crippen molar-refractivity contribution in [2.45, 2.75) is 155 Å². The van der Waals surface area contributed by atoms with Crippen LogP contribution in [0.25, 0.3) is 0 Å². The molecule has 0 aromatic carbocycles. The number of esters is 1. The average molecular weight is 802 g/mol. The van der Waals surface area contributed by atoms with Crippen molar-refractivity contribution in [3.05, 3.63) is 97.2 Å². The molecule has 0 heterocycles. The Labute approximate surface area is 340 Å². The predicted molar refractivity (Wildman–Crippen MR) is 233 cm³/mol. The molecule has 0 aromatic rings. The molecule has 0 aliphatic heterocycles. The molecular weight excluding hydrogens is 725 g/mol. The van der Waals surface area contributed by atoms with Gasteiger partial charge in [-0.2, -0.15) is 0 Å². The summed E-state index contributed by atoms with van der Waals surface area (Å²) in [6, 6.07) is 0. The van der Waals surface area contributed by atoms with Gasteiger partial charge in [0.1, 0.15) is 12.7 Å². The first-order valence-electron chi connectivity index (χ1n) is 21.2. The van der Waals surface area contributed by atoms with E-state index in [4.69, 9.17) is 13.8 Å². The van der Waals surface area contributed by atoms with Crippen LogP contribution in [-0.4, -0.2) is 54.3 Å². The van der Waals surface area contributed by atoms with Gasteiger partial charge in [0, 0.05) is 19.4 Å². The zero-order chi connectivity index (χ0) is 41.1. The highest BCUT2D eigenvalue weighted by atomic mass is 31.2. The molecule has 0 aromatic heterocycles. The van der Waals surface area contributed by atoms with Crippen LogP contribution in [0.1, 0.15) is 149 Å². The summed E-state index contributed by atoms with van der Waals surface area (Å²) in [5.41, 5.74) is 0. The Hall–Kier alpha value is -3.07. The second kappa shape index (κ2) is 41.6. The maximum absolute atomic E-state index is 12.1. The van der Waals surface area contributed by atoms with Crippen molar-refractivity contribution in [2.75, 3.05) is 26.4 Å². The smallest absolute Gasteiger partial charge is 0.463 e. The van der Waals surface area contributed by atoms with E-state index in [0.717, 1.165) is 103 Å². The normalized spacial score (nSPS) is 14.3. The van der Waals surface area contributed by atoms with Gasteiger partial charge in [-0.25, -0.2) is 4.57 Å². The number of unbranched alkanes of at least 4 members (excludes halogenated alkanes) is 9. The van der Waals surface area contributed by atoms with E-state index in [2.05, 4.69) is 116 Å². The number of aliphatic hydroxyl groups excluding tert-OH is 1. The number of rotatable bonds is 38.